The number of hydrogen-bond donors (Lipinski definition) is 1. The van der Waals surface area contributed by atoms with Gasteiger partial charge in [0.2, 0.25) is 0 Å². The van der Waals surface area contributed by atoms with Crippen molar-refractivity contribution in [1.29, 1.82) is 0 Å². The van der Waals surface area contributed by atoms with E-state index in [1.54, 1.807) is 0 Å². The van der Waals surface area contributed by atoms with Gasteiger partial charge in [-0.2, -0.15) is 0 Å². The fourth-order valence-corrected chi connectivity index (χ4v) is 3.89. The molecule has 1 unspecified atom stereocenters. The van der Waals surface area contributed by atoms with Crippen molar-refractivity contribution >= 4 is 27.3 Å². The van der Waals surface area contributed by atoms with Gasteiger partial charge in [0, 0.05) is 27.2 Å². The Balaban J connectivity index is 2.28. The number of thiophene rings is 1. The lowest BCUT2D eigenvalue weighted by Gasteiger charge is -2.20. The molecule has 0 aliphatic heterocycles. The molecule has 0 fully saturated rings. The summed E-state index contributed by atoms with van der Waals surface area (Å²) in [6.45, 7) is 4.38. The minimum Gasteiger partial charge on any atom is -0.313 e. The molecule has 0 saturated carbocycles. The first-order valence-electron chi connectivity index (χ1n) is 6.08. The predicted molar refractivity (Wildman–Crippen MR) is 83.4 cm³/mol. The van der Waals surface area contributed by atoms with Crippen molar-refractivity contribution in [2.75, 3.05) is 7.05 Å². The van der Waals surface area contributed by atoms with Crippen molar-refractivity contribution in [2.45, 2.75) is 26.3 Å². The molecule has 0 bridgehead atoms. The van der Waals surface area contributed by atoms with Gasteiger partial charge in [0.15, 0.2) is 0 Å². The molecule has 1 N–H and O–H groups in total. The topological polar surface area (TPSA) is 12.0 Å². The van der Waals surface area contributed by atoms with Gasteiger partial charge in [-0.3, -0.25) is 0 Å². The lowest BCUT2D eigenvalue weighted by molar-refractivity contribution is 0.590. The Kier molecular flexibility index (Phi) is 4.60. The summed E-state index contributed by atoms with van der Waals surface area (Å²) in [6, 6.07) is 9.11. The van der Waals surface area contributed by atoms with Crippen LogP contribution in [-0.2, 0) is 6.42 Å². The molecule has 1 heterocycles. The van der Waals surface area contributed by atoms with Crippen LogP contribution in [0.3, 0.4) is 0 Å². The van der Waals surface area contributed by atoms with E-state index in [0.717, 1.165) is 6.42 Å². The van der Waals surface area contributed by atoms with E-state index in [1.165, 1.54) is 26.0 Å². The van der Waals surface area contributed by atoms with Gasteiger partial charge in [0.1, 0.15) is 0 Å². The van der Waals surface area contributed by atoms with Gasteiger partial charge in [-0.15, -0.1) is 11.3 Å². The summed E-state index contributed by atoms with van der Waals surface area (Å²) in [4.78, 5) is 1.41. The van der Waals surface area contributed by atoms with Crippen molar-refractivity contribution in [1.82, 2.24) is 5.32 Å². The molecule has 96 valence electrons. The highest BCUT2D eigenvalue weighted by Gasteiger charge is 2.15. The molecular weight excluding hydrogens is 306 g/mol. The minimum absolute atomic E-state index is 0.386. The maximum Gasteiger partial charge on any atom is 0.0371 e. The first-order chi connectivity index (χ1) is 8.61. The second kappa shape index (κ2) is 6.00. The zero-order chi connectivity index (χ0) is 13.1. The Morgan fingerprint density at radius 2 is 1.94 bits per heavy atom. The quantitative estimate of drug-likeness (QED) is 0.864. The largest absolute Gasteiger partial charge is 0.313 e. The molecule has 18 heavy (non-hydrogen) atoms. The Bertz CT molecular complexity index is 513. The molecule has 2 aromatic rings. The lowest BCUT2D eigenvalue weighted by Crippen LogP contribution is -2.20. The molecule has 0 radical (unpaired) electrons. The standard InChI is InChI=1S/C15H18BrNS/c1-10-5-4-6-11(2)15(10)14(17-3)8-13-7-12(16)9-18-13/h4-7,9,14,17H,8H2,1-3H3. The van der Waals surface area contributed by atoms with E-state index in [-0.39, 0.29) is 0 Å². The van der Waals surface area contributed by atoms with Crippen LogP contribution in [0.2, 0.25) is 0 Å². The van der Waals surface area contributed by atoms with Crippen molar-refractivity contribution in [3.05, 3.63) is 55.7 Å². The monoisotopic (exact) mass is 323 g/mol. The number of nitrogens with one attached hydrogen (secondary N) is 1. The van der Waals surface area contributed by atoms with Crippen LogP contribution in [0.25, 0.3) is 0 Å². The highest BCUT2D eigenvalue weighted by atomic mass is 79.9. The van der Waals surface area contributed by atoms with Gasteiger partial charge in [0.05, 0.1) is 0 Å². The minimum atomic E-state index is 0.386. The van der Waals surface area contributed by atoms with Crippen molar-refractivity contribution in [3.8, 4) is 0 Å². The summed E-state index contributed by atoms with van der Waals surface area (Å²) >= 11 is 5.33. The number of benzene rings is 1. The van der Waals surface area contributed by atoms with E-state index in [9.17, 15) is 0 Å². The molecule has 1 atom stereocenters. The van der Waals surface area contributed by atoms with Gasteiger partial charge in [0.25, 0.3) is 0 Å². The Hall–Kier alpha value is -0.640. The molecule has 1 aromatic carbocycles. The molecule has 1 aromatic heterocycles. The van der Waals surface area contributed by atoms with E-state index in [2.05, 4.69) is 64.7 Å². The molecule has 3 heteroatoms. The zero-order valence-corrected chi connectivity index (χ0v) is 13.4. The number of halogens is 1. The predicted octanol–water partition coefficient (Wildman–Crippen LogP) is 4.63. The average molecular weight is 324 g/mol. The number of likely N-dealkylation sites (N-methyl/N-ethyl adjacent to an activating group) is 1. The van der Waals surface area contributed by atoms with Crippen LogP contribution in [0.5, 0.6) is 0 Å². The SMILES string of the molecule is CNC(Cc1cc(Br)cs1)c1c(C)cccc1C. The highest BCUT2D eigenvalue weighted by Crippen LogP contribution is 2.28. The van der Waals surface area contributed by atoms with E-state index < -0.39 is 0 Å². The van der Waals surface area contributed by atoms with E-state index >= 15 is 0 Å². The Morgan fingerprint density at radius 1 is 1.28 bits per heavy atom. The second-order valence-electron chi connectivity index (χ2n) is 4.58. The van der Waals surface area contributed by atoms with E-state index in [4.69, 9.17) is 0 Å². The van der Waals surface area contributed by atoms with Crippen LogP contribution < -0.4 is 5.32 Å². The van der Waals surface area contributed by atoms with Crippen LogP contribution in [0.15, 0.2) is 34.1 Å². The maximum absolute atomic E-state index is 3.52. The second-order valence-corrected chi connectivity index (χ2v) is 6.49. The number of rotatable bonds is 4. The third-order valence-corrected chi connectivity index (χ3v) is 4.99. The molecule has 0 aliphatic rings. The molecule has 0 spiro atoms. The van der Waals surface area contributed by atoms with Crippen molar-refractivity contribution in [2.24, 2.45) is 0 Å². The Morgan fingerprint density at radius 3 is 2.44 bits per heavy atom. The number of aryl methyl sites for hydroxylation is 2. The summed E-state index contributed by atoms with van der Waals surface area (Å²) in [7, 11) is 2.04. The highest BCUT2D eigenvalue weighted by molar-refractivity contribution is 9.10. The molecule has 0 aliphatic carbocycles. The fourth-order valence-electron chi connectivity index (χ4n) is 2.39. The van der Waals surface area contributed by atoms with Crippen LogP contribution in [0, 0.1) is 13.8 Å². The van der Waals surface area contributed by atoms with Crippen molar-refractivity contribution in [3.63, 3.8) is 0 Å². The Labute approximate surface area is 121 Å². The van der Waals surface area contributed by atoms with E-state index in [1.807, 2.05) is 18.4 Å². The van der Waals surface area contributed by atoms with E-state index in [0.29, 0.717) is 6.04 Å². The first kappa shape index (κ1) is 13.8. The molecule has 1 nitrogen and oxygen atoms in total. The normalized spacial score (nSPS) is 12.7. The van der Waals surface area contributed by atoms with Gasteiger partial charge < -0.3 is 5.32 Å². The summed E-state index contributed by atoms with van der Waals surface area (Å²) < 4.78 is 1.18. The third-order valence-electron chi connectivity index (χ3n) is 3.27. The van der Waals surface area contributed by atoms with Gasteiger partial charge >= 0.3 is 0 Å². The van der Waals surface area contributed by atoms with Crippen LogP contribution in [0.1, 0.15) is 27.6 Å². The van der Waals surface area contributed by atoms with Gasteiger partial charge in [-0.25, -0.2) is 0 Å². The smallest absolute Gasteiger partial charge is 0.0371 e. The third kappa shape index (κ3) is 3.02. The van der Waals surface area contributed by atoms with Gasteiger partial charge in [-0.05, 0) is 59.6 Å². The summed E-state index contributed by atoms with van der Waals surface area (Å²) in [5.74, 6) is 0. The van der Waals surface area contributed by atoms with Crippen molar-refractivity contribution < 1.29 is 0 Å². The number of hydrogen-bond acceptors (Lipinski definition) is 2. The summed E-state index contributed by atoms with van der Waals surface area (Å²) in [5.41, 5.74) is 4.17. The zero-order valence-electron chi connectivity index (χ0n) is 11.0. The van der Waals surface area contributed by atoms with Gasteiger partial charge in [-0.1, -0.05) is 18.2 Å². The molecule has 0 saturated heterocycles. The van der Waals surface area contributed by atoms with Crippen LogP contribution in [-0.4, -0.2) is 7.05 Å². The lowest BCUT2D eigenvalue weighted by atomic mass is 9.94. The maximum atomic E-state index is 3.52. The van der Waals surface area contributed by atoms with Crippen LogP contribution in [0.4, 0.5) is 0 Å². The first-order valence-corrected chi connectivity index (χ1v) is 7.75. The van der Waals surface area contributed by atoms with Crippen LogP contribution >= 0.6 is 27.3 Å². The molecule has 2 rings (SSSR count). The summed E-state index contributed by atoms with van der Waals surface area (Å²) in [6.07, 6.45) is 1.04. The summed E-state index contributed by atoms with van der Waals surface area (Å²) in [5, 5.41) is 5.59. The average Bonchev–Trinajstić information content (AvgIpc) is 2.73. The molecular formula is C15H18BrNS. The fraction of sp³-hybridized carbons (Fsp3) is 0.333. The molecule has 0 amide bonds.